The lowest BCUT2D eigenvalue weighted by Crippen LogP contribution is -2.42. The number of nitrogens with zero attached hydrogens (tertiary/aromatic N) is 2. The van der Waals surface area contributed by atoms with Crippen LogP contribution in [0.4, 0.5) is 5.69 Å². The second-order valence-electron chi connectivity index (χ2n) is 6.37. The molecule has 1 aliphatic rings. The topological polar surface area (TPSA) is 88.5 Å². The summed E-state index contributed by atoms with van der Waals surface area (Å²) in [5.74, 6) is 0.232. The van der Waals surface area contributed by atoms with Crippen LogP contribution in [-0.2, 0) is 21.4 Å². The van der Waals surface area contributed by atoms with Crippen LogP contribution in [0, 0.1) is 12.8 Å². The summed E-state index contributed by atoms with van der Waals surface area (Å²) >= 11 is 0. The SMILES string of the molecule is CCS(=O)(=O)Nc1ccc(C)n(CC(=O)N2CCCC(C)C2)c1=O. The van der Waals surface area contributed by atoms with Crippen molar-refractivity contribution < 1.29 is 13.2 Å². The van der Waals surface area contributed by atoms with E-state index in [4.69, 9.17) is 0 Å². The smallest absolute Gasteiger partial charge is 0.275 e. The van der Waals surface area contributed by atoms with Gasteiger partial charge in [-0.25, -0.2) is 8.42 Å². The predicted octanol–water partition coefficient (Wildman–Crippen LogP) is 1.18. The number of carbonyl (C=O) groups is 1. The van der Waals surface area contributed by atoms with E-state index in [9.17, 15) is 18.0 Å². The van der Waals surface area contributed by atoms with E-state index < -0.39 is 15.6 Å². The molecule has 1 aromatic heterocycles. The highest BCUT2D eigenvalue weighted by Crippen LogP contribution is 2.16. The number of hydrogen-bond donors (Lipinski definition) is 1. The molecule has 1 amide bonds. The number of pyridine rings is 1. The fraction of sp³-hybridized carbons (Fsp3) is 0.625. The van der Waals surface area contributed by atoms with Crippen LogP contribution in [0.15, 0.2) is 16.9 Å². The molecule has 0 saturated carbocycles. The first-order valence-electron chi connectivity index (χ1n) is 8.22. The number of anilines is 1. The lowest BCUT2D eigenvalue weighted by atomic mass is 10.0. The third-order valence-corrected chi connectivity index (χ3v) is 5.63. The first-order chi connectivity index (χ1) is 11.2. The molecule has 8 heteroatoms. The minimum atomic E-state index is -3.54. The number of rotatable bonds is 5. The zero-order valence-electron chi connectivity index (χ0n) is 14.4. The third-order valence-electron chi connectivity index (χ3n) is 4.34. The highest BCUT2D eigenvalue weighted by atomic mass is 32.2. The van der Waals surface area contributed by atoms with Crippen molar-refractivity contribution in [2.75, 3.05) is 23.6 Å². The van der Waals surface area contributed by atoms with Gasteiger partial charge in [-0.3, -0.25) is 14.3 Å². The minimum Gasteiger partial charge on any atom is -0.341 e. The Morgan fingerprint density at radius 3 is 2.71 bits per heavy atom. The Bertz CT molecular complexity index is 770. The van der Waals surface area contributed by atoms with Crippen molar-refractivity contribution in [1.82, 2.24) is 9.47 Å². The predicted molar refractivity (Wildman–Crippen MR) is 93.5 cm³/mol. The molecule has 0 spiro atoms. The van der Waals surface area contributed by atoms with Crippen LogP contribution < -0.4 is 10.3 Å². The summed E-state index contributed by atoms with van der Waals surface area (Å²) in [6.45, 7) is 6.67. The Kier molecular flexibility index (Phi) is 5.69. The Hall–Kier alpha value is -1.83. The summed E-state index contributed by atoms with van der Waals surface area (Å²) in [6.07, 6.45) is 2.08. The summed E-state index contributed by atoms with van der Waals surface area (Å²) in [5, 5.41) is 0. The fourth-order valence-corrected chi connectivity index (χ4v) is 3.47. The van der Waals surface area contributed by atoms with Gasteiger partial charge in [0.1, 0.15) is 12.2 Å². The molecule has 1 unspecified atom stereocenters. The van der Waals surface area contributed by atoms with Gasteiger partial charge in [0.05, 0.1) is 5.75 Å². The molecule has 24 heavy (non-hydrogen) atoms. The molecular weight excluding hydrogens is 330 g/mol. The normalized spacial score (nSPS) is 18.5. The van der Waals surface area contributed by atoms with Crippen molar-refractivity contribution in [3.63, 3.8) is 0 Å². The molecule has 1 aliphatic heterocycles. The van der Waals surface area contributed by atoms with E-state index in [2.05, 4.69) is 11.6 Å². The van der Waals surface area contributed by atoms with Gasteiger partial charge in [-0.1, -0.05) is 6.92 Å². The van der Waals surface area contributed by atoms with E-state index >= 15 is 0 Å². The molecule has 0 aliphatic carbocycles. The maximum absolute atomic E-state index is 12.5. The second-order valence-corrected chi connectivity index (χ2v) is 8.38. The van der Waals surface area contributed by atoms with E-state index in [0.717, 1.165) is 12.8 Å². The summed E-state index contributed by atoms with van der Waals surface area (Å²) in [7, 11) is -3.54. The van der Waals surface area contributed by atoms with Crippen LogP contribution in [0.1, 0.15) is 32.4 Å². The number of nitrogens with one attached hydrogen (secondary N) is 1. The van der Waals surface area contributed by atoms with Crippen molar-refractivity contribution in [3.8, 4) is 0 Å². The Balaban J connectivity index is 2.23. The molecule has 1 saturated heterocycles. The summed E-state index contributed by atoms with van der Waals surface area (Å²) in [4.78, 5) is 26.8. The molecular formula is C16H25N3O4S. The van der Waals surface area contributed by atoms with Crippen molar-refractivity contribution in [1.29, 1.82) is 0 Å². The van der Waals surface area contributed by atoms with E-state index in [0.29, 0.717) is 24.7 Å². The highest BCUT2D eigenvalue weighted by Gasteiger charge is 2.22. The van der Waals surface area contributed by atoms with E-state index in [1.54, 1.807) is 17.9 Å². The van der Waals surface area contributed by atoms with E-state index in [1.165, 1.54) is 17.6 Å². The van der Waals surface area contributed by atoms with Crippen LogP contribution in [0.2, 0.25) is 0 Å². The summed E-state index contributed by atoms with van der Waals surface area (Å²) < 4.78 is 27.0. The van der Waals surface area contributed by atoms with Crippen LogP contribution in [-0.4, -0.2) is 42.6 Å². The summed E-state index contributed by atoms with van der Waals surface area (Å²) in [6, 6.07) is 3.08. The van der Waals surface area contributed by atoms with Crippen molar-refractivity contribution in [2.45, 2.75) is 40.2 Å². The second kappa shape index (κ2) is 7.38. The van der Waals surface area contributed by atoms with Gasteiger partial charge >= 0.3 is 0 Å². The summed E-state index contributed by atoms with van der Waals surface area (Å²) in [5.41, 5.74) is 0.102. The van der Waals surface area contributed by atoms with Crippen molar-refractivity contribution in [2.24, 2.45) is 5.92 Å². The molecule has 1 aromatic rings. The zero-order chi connectivity index (χ0) is 17.9. The molecule has 2 heterocycles. The lowest BCUT2D eigenvalue weighted by Gasteiger charge is -2.31. The van der Waals surface area contributed by atoms with Gasteiger partial charge in [0.15, 0.2) is 0 Å². The van der Waals surface area contributed by atoms with Gasteiger partial charge in [0, 0.05) is 18.8 Å². The molecule has 0 bridgehead atoms. The number of likely N-dealkylation sites (tertiary alicyclic amines) is 1. The first-order valence-corrected chi connectivity index (χ1v) is 9.87. The Morgan fingerprint density at radius 1 is 1.38 bits per heavy atom. The van der Waals surface area contributed by atoms with Crippen LogP contribution in [0.3, 0.4) is 0 Å². The largest absolute Gasteiger partial charge is 0.341 e. The van der Waals surface area contributed by atoms with Gasteiger partial charge in [-0.05, 0) is 44.7 Å². The molecule has 2 rings (SSSR count). The Morgan fingerprint density at radius 2 is 2.08 bits per heavy atom. The maximum atomic E-state index is 12.5. The molecule has 0 aromatic carbocycles. The van der Waals surface area contributed by atoms with Gasteiger partial charge < -0.3 is 9.47 Å². The van der Waals surface area contributed by atoms with Crippen LogP contribution in [0.25, 0.3) is 0 Å². The van der Waals surface area contributed by atoms with Gasteiger partial charge in [-0.2, -0.15) is 0 Å². The molecule has 134 valence electrons. The van der Waals surface area contributed by atoms with Gasteiger partial charge in [-0.15, -0.1) is 0 Å². The minimum absolute atomic E-state index is 0.0257. The average molecular weight is 355 g/mol. The number of amides is 1. The van der Waals surface area contributed by atoms with E-state index in [-0.39, 0.29) is 23.9 Å². The van der Waals surface area contributed by atoms with Crippen LogP contribution in [0.5, 0.6) is 0 Å². The number of aryl methyl sites for hydroxylation is 1. The van der Waals surface area contributed by atoms with E-state index in [1.807, 2.05) is 0 Å². The quantitative estimate of drug-likeness (QED) is 0.859. The zero-order valence-corrected chi connectivity index (χ0v) is 15.2. The molecule has 0 radical (unpaired) electrons. The standard InChI is InChI=1S/C16H25N3O4S/c1-4-24(22,23)17-14-8-7-13(3)19(16(14)21)11-15(20)18-9-5-6-12(2)10-18/h7-8,12,17H,4-6,9-11H2,1-3H3. The van der Waals surface area contributed by atoms with Gasteiger partial charge in [0.25, 0.3) is 5.56 Å². The van der Waals surface area contributed by atoms with Gasteiger partial charge in [0.2, 0.25) is 15.9 Å². The number of carbonyl (C=O) groups excluding carboxylic acids is 1. The molecule has 1 N–H and O–H groups in total. The fourth-order valence-electron chi connectivity index (χ4n) is 2.84. The number of sulfonamides is 1. The molecule has 1 atom stereocenters. The monoisotopic (exact) mass is 355 g/mol. The Labute approximate surface area is 142 Å². The van der Waals surface area contributed by atoms with Crippen molar-refractivity contribution >= 4 is 21.6 Å². The average Bonchev–Trinajstić information content (AvgIpc) is 2.54. The number of hydrogen-bond acceptors (Lipinski definition) is 4. The highest BCUT2D eigenvalue weighted by molar-refractivity contribution is 7.92. The first kappa shape index (κ1) is 18.5. The number of aromatic nitrogens is 1. The maximum Gasteiger partial charge on any atom is 0.275 e. The molecule has 1 fully saturated rings. The lowest BCUT2D eigenvalue weighted by molar-refractivity contribution is -0.133. The third kappa shape index (κ3) is 4.37. The number of piperidine rings is 1. The van der Waals surface area contributed by atoms with Crippen molar-refractivity contribution in [3.05, 3.63) is 28.2 Å². The van der Waals surface area contributed by atoms with Crippen LogP contribution >= 0.6 is 0 Å². The molecule has 7 nitrogen and oxygen atoms in total.